The standard InChI is InChI=1S/C18H20N.HI/c1-2-3-6-13-19-14-7-10-17-16-9-5-4-8-15(16)11-12-18(17)19;/h4-5,7-12,14H,2-3,6,13H2,1H3;1H/q+1;/p-1. The number of hydrogen-bond acceptors (Lipinski definition) is 0. The van der Waals surface area contributed by atoms with E-state index in [2.05, 4.69) is 66.2 Å². The number of aromatic nitrogens is 1. The Morgan fingerprint density at radius 2 is 1.65 bits per heavy atom. The highest BCUT2D eigenvalue weighted by Gasteiger charge is 2.09. The highest BCUT2D eigenvalue weighted by Crippen LogP contribution is 2.22. The van der Waals surface area contributed by atoms with E-state index in [4.69, 9.17) is 0 Å². The second-order valence-corrected chi connectivity index (χ2v) is 5.13. The number of hydrogen-bond donors (Lipinski definition) is 0. The van der Waals surface area contributed by atoms with Crippen molar-refractivity contribution in [1.82, 2.24) is 0 Å². The first-order valence-corrected chi connectivity index (χ1v) is 7.20. The zero-order chi connectivity index (χ0) is 13.1. The zero-order valence-corrected chi connectivity index (χ0v) is 14.0. The van der Waals surface area contributed by atoms with Gasteiger partial charge in [0, 0.05) is 18.6 Å². The average Bonchev–Trinajstić information content (AvgIpc) is 2.47. The third kappa shape index (κ3) is 2.95. The van der Waals surface area contributed by atoms with Gasteiger partial charge in [-0.15, -0.1) is 0 Å². The Labute approximate surface area is 137 Å². The molecule has 0 bridgehead atoms. The van der Waals surface area contributed by atoms with E-state index in [-0.39, 0.29) is 24.0 Å². The van der Waals surface area contributed by atoms with E-state index in [1.165, 1.54) is 40.9 Å². The molecular formula is C18H20IN. The van der Waals surface area contributed by atoms with Crippen molar-refractivity contribution in [3.05, 3.63) is 54.7 Å². The molecular weight excluding hydrogens is 357 g/mol. The minimum atomic E-state index is 0. The Morgan fingerprint density at radius 3 is 2.50 bits per heavy atom. The van der Waals surface area contributed by atoms with Crippen LogP contribution in [-0.2, 0) is 6.54 Å². The lowest BCUT2D eigenvalue weighted by Crippen LogP contribution is -3.00. The minimum Gasteiger partial charge on any atom is -1.00 e. The summed E-state index contributed by atoms with van der Waals surface area (Å²) in [5, 5.41) is 4.03. The van der Waals surface area contributed by atoms with Crippen molar-refractivity contribution < 1.29 is 28.5 Å². The van der Waals surface area contributed by atoms with Gasteiger partial charge in [-0.2, -0.15) is 4.57 Å². The fraction of sp³-hybridized carbons (Fsp3) is 0.278. The number of aryl methyl sites for hydroxylation is 1. The van der Waals surface area contributed by atoms with Gasteiger partial charge < -0.3 is 24.0 Å². The van der Waals surface area contributed by atoms with Gasteiger partial charge in [0.25, 0.3) is 0 Å². The summed E-state index contributed by atoms with van der Waals surface area (Å²) in [6.45, 7) is 3.37. The normalized spacial score (nSPS) is 10.7. The van der Waals surface area contributed by atoms with Crippen LogP contribution >= 0.6 is 0 Å². The maximum absolute atomic E-state index is 2.39. The maximum Gasteiger partial charge on any atom is 0.213 e. The Morgan fingerprint density at radius 1 is 0.850 bits per heavy atom. The maximum atomic E-state index is 2.39. The van der Waals surface area contributed by atoms with Crippen LogP contribution in [0.15, 0.2) is 54.7 Å². The predicted molar refractivity (Wildman–Crippen MR) is 81.2 cm³/mol. The summed E-state index contributed by atoms with van der Waals surface area (Å²) >= 11 is 0. The summed E-state index contributed by atoms with van der Waals surface area (Å²) in [6, 6.07) is 17.5. The summed E-state index contributed by atoms with van der Waals surface area (Å²) in [4.78, 5) is 0. The molecule has 20 heavy (non-hydrogen) atoms. The summed E-state index contributed by atoms with van der Waals surface area (Å²) in [5.41, 5.74) is 1.34. The SMILES string of the molecule is CCCCC[n+]1cccc2c3ccccc3ccc21.[I-]. The second-order valence-electron chi connectivity index (χ2n) is 5.13. The van der Waals surface area contributed by atoms with Gasteiger partial charge in [0.2, 0.25) is 5.52 Å². The number of rotatable bonds is 4. The molecule has 0 aliphatic carbocycles. The van der Waals surface area contributed by atoms with E-state index in [1.807, 2.05) is 0 Å². The van der Waals surface area contributed by atoms with E-state index in [0.29, 0.717) is 0 Å². The van der Waals surface area contributed by atoms with Crippen LogP contribution < -0.4 is 28.5 Å². The van der Waals surface area contributed by atoms with Crippen molar-refractivity contribution in [1.29, 1.82) is 0 Å². The van der Waals surface area contributed by atoms with Gasteiger partial charge in [-0.3, -0.25) is 0 Å². The molecule has 3 rings (SSSR count). The Hall–Kier alpha value is -1.16. The lowest BCUT2D eigenvalue weighted by Gasteiger charge is -2.04. The third-order valence-corrected chi connectivity index (χ3v) is 3.79. The van der Waals surface area contributed by atoms with Crippen molar-refractivity contribution in [2.24, 2.45) is 0 Å². The molecule has 0 fully saturated rings. The monoisotopic (exact) mass is 377 g/mol. The smallest absolute Gasteiger partial charge is 0.213 e. The van der Waals surface area contributed by atoms with Crippen molar-refractivity contribution in [3.63, 3.8) is 0 Å². The van der Waals surface area contributed by atoms with Crippen LogP contribution in [0.5, 0.6) is 0 Å². The first kappa shape index (κ1) is 15.2. The van der Waals surface area contributed by atoms with Crippen molar-refractivity contribution >= 4 is 21.7 Å². The molecule has 0 unspecified atom stereocenters. The summed E-state index contributed by atoms with van der Waals surface area (Å²) in [5.74, 6) is 0. The molecule has 0 aliphatic heterocycles. The quantitative estimate of drug-likeness (QED) is 0.281. The van der Waals surface area contributed by atoms with Crippen molar-refractivity contribution in [2.75, 3.05) is 0 Å². The average molecular weight is 377 g/mol. The Bertz CT molecular complexity index is 706. The minimum absolute atomic E-state index is 0. The lowest BCUT2D eigenvalue weighted by molar-refractivity contribution is -0.671. The molecule has 1 heterocycles. The van der Waals surface area contributed by atoms with Crippen LogP contribution in [-0.4, -0.2) is 0 Å². The molecule has 1 nitrogen and oxygen atoms in total. The molecule has 1 aromatic heterocycles. The van der Waals surface area contributed by atoms with Gasteiger partial charge in [0.15, 0.2) is 6.20 Å². The number of fused-ring (bicyclic) bond motifs is 3. The molecule has 0 saturated carbocycles. The largest absolute Gasteiger partial charge is 1.00 e. The molecule has 2 heteroatoms. The highest BCUT2D eigenvalue weighted by molar-refractivity contribution is 6.04. The van der Waals surface area contributed by atoms with Gasteiger partial charge in [-0.1, -0.05) is 37.6 Å². The molecule has 0 N–H and O–H groups in total. The molecule has 0 atom stereocenters. The highest BCUT2D eigenvalue weighted by atomic mass is 127. The van der Waals surface area contributed by atoms with Crippen LogP contribution in [0.2, 0.25) is 0 Å². The van der Waals surface area contributed by atoms with E-state index in [1.54, 1.807) is 0 Å². The topological polar surface area (TPSA) is 3.88 Å². The molecule has 104 valence electrons. The lowest BCUT2D eigenvalue weighted by atomic mass is 10.1. The fourth-order valence-electron chi connectivity index (χ4n) is 2.76. The summed E-state index contributed by atoms with van der Waals surface area (Å²) in [7, 11) is 0. The molecule has 0 amide bonds. The number of benzene rings is 2. The molecule has 0 aliphatic rings. The third-order valence-electron chi connectivity index (χ3n) is 3.79. The molecule has 0 spiro atoms. The van der Waals surface area contributed by atoms with Gasteiger partial charge in [-0.05, 0) is 29.3 Å². The number of unbranched alkanes of at least 4 members (excludes halogenated alkanes) is 2. The molecule has 2 aromatic carbocycles. The van der Waals surface area contributed by atoms with Gasteiger partial charge in [-0.25, -0.2) is 0 Å². The Kier molecular flexibility index (Phi) is 5.35. The van der Waals surface area contributed by atoms with Gasteiger partial charge >= 0.3 is 0 Å². The molecule has 0 radical (unpaired) electrons. The van der Waals surface area contributed by atoms with E-state index in [9.17, 15) is 0 Å². The van der Waals surface area contributed by atoms with Crippen molar-refractivity contribution in [3.8, 4) is 0 Å². The first-order chi connectivity index (χ1) is 9.40. The van der Waals surface area contributed by atoms with Crippen LogP contribution in [0.1, 0.15) is 26.2 Å². The molecule has 3 aromatic rings. The number of halogens is 1. The van der Waals surface area contributed by atoms with Gasteiger partial charge in [0.1, 0.15) is 6.54 Å². The van der Waals surface area contributed by atoms with Crippen LogP contribution in [0.3, 0.4) is 0 Å². The van der Waals surface area contributed by atoms with Crippen molar-refractivity contribution in [2.45, 2.75) is 32.7 Å². The van der Waals surface area contributed by atoms with Gasteiger partial charge in [0.05, 0.1) is 5.39 Å². The zero-order valence-electron chi connectivity index (χ0n) is 11.8. The predicted octanol–water partition coefficient (Wildman–Crippen LogP) is 1.47. The van der Waals surface area contributed by atoms with Crippen LogP contribution in [0.25, 0.3) is 21.7 Å². The first-order valence-electron chi connectivity index (χ1n) is 7.20. The second kappa shape index (κ2) is 7.02. The Balaban J connectivity index is 0.00000147. The fourth-order valence-corrected chi connectivity index (χ4v) is 2.76. The van der Waals surface area contributed by atoms with Crippen LogP contribution in [0, 0.1) is 0 Å². The van der Waals surface area contributed by atoms with E-state index < -0.39 is 0 Å². The number of nitrogens with zero attached hydrogens (tertiary/aromatic N) is 1. The summed E-state index contributed by atoms with van der Waals surface area (Å²) in [6.07, 6.45) is 6.03. The summed E-state index contributed by atoms with van der Waals surface area (Å²) < 4.78 is 2.39. The van der Waals surface area contributed by atoms with Crippen LogP contribution in [0.4, 0.5) is 0 Å². The van der Waals surface area contributed by atoms with E-state index in [0.717, 1.165) is 6.54 Å². The van der Waals surface area contributed by atoms with E-state index >= 15 is 0 Å². The number of pyridine rings is 1. The molecule has 0 saturated heterocycles.